The highest BCUT2D eigenvalue weighted by Crippen LogP contribution is 1.79. The summed E-state index contributed by atoms with van der Waals surface area (Å²) in [6.07, 6.45) is 0.314. The Kier molecular flexibility index (Phi) is 3.34. The van der Waals surface area contributed by atoms with Crippen molar-refractivity contribution in [3.05, 3.63) is 0 Å². The molecule has 0 bridgehead atoms. The molecule has 0 aromatic rings. The van der Waals surface area contributed by atoms with Gasteiger partial charge < -0.3 is 16.8 Å². The SMILES string of the molecule is NC(=O)C(NC=O)C(N)=S. The van der Waals surface area contributed by atoms with E-state index in [0.717, 1.165) is 0 Å². The molecule has 0 aliphatic carbocycles. The van der Waals surface area contributed by atoms with Gasteiger partial charge in [-0.15, -0.1) is 0 Å². The van der Waals surface area contributed by atoms with Crippen molar-refractivity contribution in [2.24, 2.45) is 11.5 Å². The fourth-order valence-electron chi connectivity index (χ4n) is 0.373. The molecule has 1 atom stereocenters. The van der Waals surface area contributed by atoms with Crippen molar-refractivity contribution in [1.29, 1.82) is 0 Å². The number of carbonyl (C=O) groups excluding carboxylic acids is 2. The highest BCUT2D eigenvalue weighted by atomic mass is 32.1. The van der Waals surface area contributed by atoms with E-state index in [9.17, 15) is 9.59 Å². The molecule has 0 aromatic carbocycles. The first-order valence-corrected chi connectivity index (χ1v) is 2.78. The van der Waals surface area contributed by atoms with E-state index < -0.39 is 11.9 Å². The van der Waals surface area contributed by atoms with Gasteiger partial charge in [-0.3, -0.25) is 9.59 Å². The summed E-state index contributed by atoms with van der Waals surface area (Å²) in [7, 11) is 0. The van der Waals surface area contributed by atoms with Crippen molar-refractivity contribution in [3.63, 3.8) is 0 Å². The predicted molar refractivity (Wildman–Crippen MR) is 39.0 cm³/mol. The van der Waals surface area contributed by atoms with Crippen LogP contribution in [0.5, 0.6) is 0 Å². The van der Waals surface area contributed by atoms with Gasteiger partial charge in [0.2, 0.25) is 12.3 Å². The van der Waals surface area contributed by atoms with E-state index in [1.165, 1.54) is 0 Å². The highest BCUT2D eigenvalue weighted by Gasteiger charge is 2.15. The Hall–Kier alpha value is -1.17. The van der Waals surface area contributed by atoms with Crippen LogP contribution in [0.1, 0.15) is 0 Å². The second kappa shape index (κ2) is 3.78. The van der Waals surface area contributed by atoms with Crippen molar-refractivity contribution in [3.8, 4) is 0 Å². The lowest BCUT2D eigenvalue weighted by atomic mass is 10.3. The number of thiocarbonyl (C=S) groups is 1. The second-order valence-corrected chi connectivity index (χ2v) is 1.99. The van der Waals surface area contributed by atoms with Crippen molar-refractivity contribution in [2.45, 2.75) is 6.04 Å². The quantitative estimate of drug-likeness (QED) is 0.324. The van der Waals surface area contributed by atoms with Gasteiger partial charge in [0.05, 0.1) is 0 Å². The minimum Gasteiger partial charge on any atom is -0.391 e. The Morgan fingerprint density at radius 3 is 2.20 bits per heavy atom. The van der Waals surface area contributed by atoms with Gasteiger partial charge in [0, 0.05) is 0 Å². The molecule has 56 valence electrons. The number of carbonyl (C=O) groups is 2. The summed E-state index contributed by atoms with van der Waals surface area (Å²) in [5.41, 5.74) is 9.83. The average Bonchev–Trinajstić information content (AvgIpc) is 1.81. The Morgan fingerprint density at radius 2 is 2.10 bits per heavy atom. The van der Waals surface area contributed by atoms with Gasteiger partial charge in [0.15, 0.2) is 6.04 Å². The van der Waals surface area contributed by atoms with Crippen LogP contribution < -0.4 is 16.8 Å². The van der Waals surface area contributed by atoms with Crippen molar-refractivity contribution < 1.29 is 9.59 Å². The van der Waals surface area contributed by atoms with Crippen molar-refractivity contribution in [2.75, 3.05) is 0 Å². The van der Waals surface area contributed by atoms with Gasteiger partial charge in [0.25, 0.3) is 0 Å². The number of nitrogens with one attached hydrogen (secondary N) is 1. The fraction of sp³-hybridized carbons (Fsp3) is 0.250. The van der Waals surface area contributed by atoms with Crippen LogP contribution in [-0.2, 0) is 9.59 Å². The van der Waals surface area contributed by atoms with E-state index in [4.69, 9.17) is 11.5 Å². The lowest BCUT2D eigenvalue weighted by Gasteiger charge is -2.08. The van der Waals surface area contributed by atoms with Crippen LogP contribution in [0, 0.1) is 0 Å². The zero-order chi connectivity index (χ0) is 8.15. The molecule has 0 radical (unpaired) electrons. The number of rotatable bonds is 4. The standard InChI is InChI=1S/C4H7N3O2S/c5-3(9)2(4(6)10)7-1-8/h1-2H,(H2,5,9)(H2,6,10)(H,7,8). The predicted octanol–water partition coefficient (Wildman–Crippen LogP) is -2.13. The molecule has 0 aliphatic heterocycles. The normalized spacial score (nSPS) is 11.6. The monoisotopic (exact) mass is 161 g/mol. The van der Waals surface area contributed by atoms with Crippen LogP contribution in [0.4, 0.5) is 0 Å². The maximum Gasteiger partial charge on any atom is 0.247 e. The summed E-state index contributed by atoms with van der Waals surface area (Å²) < 4.78 is 0. The molecular weight excluding hydrogens is 154 g/mol. The van der Waals surface area contributed by atoms with E-state index in [2.05, 4.69) is 17.5 Å². The Morgan fingerprint density at radius 1 is 1.60 bits per heavy atom. The molecule has 10 heavy (non-hydrogen) atoms. The minimum atomic E-state index is -1.03. The van der Waals surface area contributed by atoms with Gasteiger partial charge in [-0.05, 0) is 0 Å². The summed E-state index contributed by atoms with van der Waals surface area (Å²) in [5, 5.41) is 2.06. The molecule has 0 aromatic heterocycles. The Labute approximate surface area is 62.7 Å². The van der Waals surface area contributed by atoms with Gasteiger partial charge in [0.1, 0.15) is 4.99 Å². The van der Waals surface area contributed by atoms with Gasteiger partial charge in [-0.1, -0.05) is 12.2 Å². The zero-order valence-electron chi connectivity index (χ0n) is 5.03. The number of nitrogens with two attached hydrogens (primary N) is 2. The maximum absolute atomic E-state index is 10.4. The molecule has 1 unspecified atom stereocenters. The highest BCUT2D eigenvalue weighted by molar-refractivity contribution is 7.80. The summed E-state index contributed by atoms with van der Waals surface area (Å²) in [6, 6.07) is -1.03. The van der Waals surface area contributed by atoms with E-state index in [1.54, 1.807) is 0 Å². The second-order valence-electron chi connectivity index (χ2n) is 1.52. The van der Waals surface area contributed by atoms with E-state index >= 15 is 0 Å². The molecule has 6 heteroatoms. The number of hydrogen-bond donors (Lipinski definition) is 3. The average molecular weight is 161 g/mol. The summed E-state index contributed by atoms with van der Waals surface area (Å²) >= 11 is 4.41. The largest absolute Gasteiger partial charge is 0.391 e. The van der Waals surface area contributed by atoms with Crippen LogP contribution >= 0.6 is 12.2 Å². The zero-order valence-corrected chi connectivity index (χ0v) is 5.85. The molecule has 5 nitrogen and oxygen atoms in total. The maximum atomic E-state index is 10.4. The Balaban J connectivity index is 4.11. The van der Waals surface area contributed by atoms with Crippen LogP contribution in [0.25, 0.3) is 0 Å². The summed E-state index contributed by atoms with van der Waals surface area (Å²) in [5.74, 6) is -0.764. The summed E-state index contributed by atoms with van der Waals surface area (Å²) in [4.78, 5) is 20.0. The van der Waals surface area contributed by atoms with Crippen LogP contribution in [-0.4, -0.2) is 23.3 Å². The third kappa shape index (κ3) is 2.40. The molecule has 0 spiro atoms. The van der Waals surface area contributed by atoms with Gasteiger partial charge in [-0.25, -0.2) is 0 Å². The van der Waals surface area contributed by atoms with E-state index in [-0.39, 0.29) is 4.99 Å². The smallest absolute Gasteiger partial charge is 0.247 e. The van der Waals surface area contributed by atoms with Crippen LogP contribution in [0.15, 0.2) is 0 Å². The molecule has 0 fully saturated rings. The third-order valence-electron chi connectivity index (χ3n) is 0.804. The fourth-order valence-corrected chi connectivity index (χ4v) is 0.557. The molecule has 0 saturated carbocycles. The molecule has 0 saturated heterocycles. The topological polar surface area (TPSA) is 98.2 Å². The lowest BCUT2D eigenvalue weighted by molar-refractivity contribution is -0.120. The first kappa shape index (κ1) is 8.83. The van der Waals surface area contributed by atoms with Crippen molar-refractivity contribution >= 4 is 29.5 Å². The van der Waals surface area contributed by atoms with Crippen LogP contribution in [0.3, 0.4) is 0 Å². The number of amides is 2. The first-order chi connectivity index (χ1) is 4.59. The van der Waals surface area contributed by atoms with Gasteiger partial charge >= 0.3 is 0 Å². The van der Waals surface area contributed by atoms with Crippen LogP contribution in [0.2, 0.25) is 0 Å². The summed E-state index contributed by atoms with van der Waals surface area (Å²) in [6.45, 7) is 0. The number of hydrogen-bond acceptors (Lipinski definition) is 3. The van der Waals surface area contributed by atoms with Gasteiger partial charge in [-0.2, -0.15) is 0 Å². The van der Waals surface area contributed by atoms with Crippen molar-refractivity contribution in [1.82, 2.24) is 5.32 Å². The number of primary amides is 1. The molecule has 0 aliphatic rings. The lowest BCUT2D eigenvalue weighted by Crippen LogP contribution is -2.48. The molecule has 2 amide bonds. The first-order valence-electron chi connectivity index (χ1n) is 2.38. The molecular formula is C4H7N3O2S. The molecule has 0 rings (SSSR count). The molecule has 0 heterocycles. The van der Waals surface area contributed by atoms with E-state index in [1.807, 2.05) is 0 Å². The Bertz CT molecular complexity index is 156. The van der Waals surface area contributed by atoms with E-state index in [0.29, 0.717) is 6.41 Å². The molecule has 5 N–H and O–H groups in total. The third-order valence-corrected chi connectivity index (χ3v) is 1.04. The minimum absolute atomic E-state index is 0.139.